The number of thioether (sulfide) groups is 1. The predicted octanol–water partition coefficient (Wildman–Crippen LogP) is 5.42. The van der Waals surface area contributed by atoms with Crippen molar-refractivity contribution in [1.82, 2.24) is 4.98 Å². The monoisotopic (exact) mass is 528 g/mol. The highest BCUT2D eigenvalue weighted by Gasteiger charge is 2.69. The highest BCUT2D eigenvalue weighted by atomic mass is 35.5. The molecule has 7 atom stereocenters. The van der Waals surface area contributed by atoms with Gasteiger partial charge in [-0.2, -0.15) is 0 Å². The summed E-state index contributed by atoms with van der Waals surface area (Å²) >= 11 is 15.2. The van der Waals surface area contributed by atoms with E-state index in [1.807, 2.05) is 24.3 Å². The standard InChI is InChI=1S/C25H18Cl2N2O3S2/c26-11-3-1-10(2-4-11)16-17-14-9-15(20(17)33-22-21(16)34-25(32)28-22)19-18(14)23(30)29(24(19)31)13-7-5-12(27)6-8-13/h1-8,14-20H,9H2,(H,28,32)/t14-,15-,16-,17-,18+,19-,20+/m1/s1. The number of carbonyl (C=O) groups is 2. The van der Waals surface area contributed by atoms with E-state index in [0.717, 1.165) is 21.9 Å². The van der Waals surface area contributed by atoms with Crippen LogP contribution in [0.15, 0.2) is 58.4 Å². The van der Waals surface area contributed by atoms with E-state index < -0.39 is 0 Å². The molecule has 2 aliphatic heterocycles. The fourth-order valence-electron chi connectivity index (χ4n) is 6.90. The number of carbonyl (C=O) groups excluding carboxylic acids is 2. The van der Waals surface area contributed by atoms with Gasteiger partial charge in [0.15, 0.2) is 0 Å². The zero-order chi connectivity index (χ0) is 23.3. The number of H-pyrrole nitrogens is 1. The van der Waals surface area contributed by atoms with Gasteiger partial charge in [0.25, 0.3) is 0 Å². The van der Waals surface area contributed by atoms with Gasteiger partial charge >= 0.3 is 4.87 Å². The first-order valence-electron chi connectivity index (χ1n) is 11.2. The van der Waals surface area contributed by atoms with E-state index in [9.17, 15) is 14.4 Å². The van der Waals surface area contributed by atoms with Crippen molar-refractivity contribution in [3.8, 4) is 0 Å². The lowest BCUT2D eigenvalue weighted by molar-refractivity contribution is -0.123. The van der Waals surface area contributed by atoms with E-state index in [0.29, 0.717) is 15.7 Å². The maximum Gasteiger partial charge on any atom is 0.305 e. The van der Waals surface area contributed by atoms with Crippen molar-refractivity contribution in [2.75, 3.05) is 4.90 Å². The van der Waals surface area contributed by atoms with Crippen LogP contribution in [-0.4, -0.2) is 22.0 Å². The van der Waals surface area contributed by atoms with Crippen LogP contribution in [-0.2, 0) is 9.59 Å². The SMILES string of the molecule is O=C1[C@@H]2[C@H]3C[C@@H]([C@@H]2C(=O)N1c1ccc(Cl)cc1)[C@@H]1[C@@H](c2ccc(Cl)cc2)c2sc(=O)[nH]c2S[C@@H]31. The van der Waals surface area contributed by atoms with Crippen LogP contribution in [0.3, 0.4) is 0 Å². The molecule has 1 N–H and O–H groups in total. The third-order valence-electron chi connectivity index (χ3n) is 8.04. The Balaban J connectivity index is 1.32. The van der Waals surface area contributed by atoms with Gasteiger partial charge in [-0.1, -0.05) is 46.7 Å². The number of benzene rings is 2. The first-order valence-corrected chi connectivity index (χ1v) is 13.7. The van der Waals surface area contributed by atoms with Crippen molar-refractivity contribution in [2.24, 2.45) is 29.6 Å². The van der Waals surface area contributed by atoms with Crippen LogP contribution in [0.5, 0.6) is 0 Å². The minimum Gasteiger partial charge on any atom is -0.307 e. The summed E-state index contributed by atoms with van der Waals surface area (Å²) in [6.07, 6.45) is 0.868. The van der Waals surface area contributed by atoms with Crippen molar-refractivity contribution in [2.45, 2.75) is 22.6 Å². The first kappa shape index (κ1) is 21.2. The van der Waals surface area contributed by atoms with Gasteiger partial charge in [-0.05, 0) is 66.1 Å². The molecule has 3 heterocycles. The van der Waals surface area contributed by atoms with E-state index >= 15 is 0 Å². The molecule has 7 rings (SSSR count). The second kappa shape index (κ2) is 7.47. The highest BCUT2D eigenvalue weighted by Crippen LogP contribution is 2.68. The molecule has 0 spiro atoms. The number of nitrogens with zero attached hydrogens (tertiary/aromatic N) is 1. The van der Waals surface area contributed by atoms with E-state index in [-0.39, 0.29) is 57.4 Å². The zero-order valence-corrected chi connectivity index (χ0v) is 20.8. The molecule has 2 amide bonds. The molecule has 2 aromatic carbocycles. The molecule has 34 heavy (non-hydrogen) atoms. The molecule has 3 aromatic rings. The number of hydrogen-bond donors (Lipinski definition) is 1. The minimum atomic E-state index is -0.318. The Morgan fingerprint density at radius 3 is 2.15 bits per heavy atom. The van der Waals surface area contributed by atoms with Crippen LogP contribution in [0.25, 0.3) is 0 Å². The second-order valence-corrected chi connectivity index (χ2v) is 12.6. The van der Waals surface area contributed by atoms with Crippen molar-refractivity contribution in [3.05, 3.63) is 78.7 Å². The van der Waals surface area contributed by atoms with Gasteiger partial charge in [0.05, 0.1) is 22.5 Å². The van der Waals surface area contributed by atoms with Crippen molar-refractivity contribution in [3.63, 3.8) is 0 Å². The average Bonchev–Trinajstić information content (AvgIpc) is 3.54. The van der Waals surface area contributed by atoms with Gasteiger partial charge < -0.3 is 4.98 Å². The molecule has 2 saturated carbocycles. The molecule has 3 fully saturated rings. The lowest BCUT2D eigenvalue weighted by atomic mass is 9.68. The molecule has 2 aliphatic carbocycles. The van der Waals surface area contributed by atoms with Crippen LogP contribution in [0.1, 0.15) is 22.8 Å². The number of aromatic nitrogens is 1. The molecule has 4 aliphatic rings. The van der Waals surface area contributed by atoms with E-state index in [4.69, 9.17) is 23.2 Å². The number of nitrogens with one attached hydrogen (secondary N) is 1. The molecule has 0 radical (unpaired) electrons. The molecule has 9 heteroatoms. The summed E-state index contributed by atoms with van der Waals surface area (Å²) in [6, 6.07) is 14.7. The highest BCUT2D eigenvalue weighted by molar-refractivity contribution is 8.00. The van der Waals surface area contributed by atoms with Crippen LogP contribution in [0.4, 0.5) is 5.69 Å². The third-order valence-corrected chi connectivity index (χ3v) is 11.1. The number of amides is 2. The van der Waals surface area contributed by atoms with Gasteiger partial charge in [0.2, 0.25) is 11.8 Å². The summed E-state index contributed by atoms with van der Waals surface area (Å²) in [7, 11) is 0. The van der Waals surface area contributed by atoms with Crippen molar-refractivity contribution in [1.29, 1.82) is 0 Å². The van der Waals surface area contributed by atoms with E-state index in [1.165, 1.54) is 16.2 Å². The Morgan fingerprint density at radius 2 is 1.47 bits per heavy atom. The van der Waals surface area contributed by atoms with Crippen LogP contribution >= 0.6 is 46.3 Å². The fourth-order valence-corrected chi connectivity index (χ4v) is 10.0. The summed E-state index contributed by atoms with van der Waals surface area (Å²) in [5.74, 6) is -0.448. The molecule has 172 valence electrons. The lowest BCUT2D eigenvalue weighted by Crippen LogP contribution is -2.42. The number of imide groups is 1. The van der Waals surface area contributed by atoms with Gasteiger partial charge in [-0.25, -0.2) is 0 Å². The average molecular weight is 529 g/mol. The largest absolute Gasteiger partial charge is 0.307 e. The second-order valence-electron chi connectivity index (χ2n) is 9.50. The third kappa shape index (κ3) is 2.84. The number of aromatic amines is 1. The normalized spacial score (nSPS) is 33.2. The van der Waals surface area contributed by atoms with Crippen LogP contribution in [0.2, 0.25) is 10.0 Å². The minimum absolute atomic E-state index is 0.00546. The maximum absolute atomic E-state index is 13.7. The van der Waals surface area contributed by atoms with Crippen molar-refractivity contribution >= 4 is 63.8 Å². The van der Waals surface area contributed by atoms with Crippen LogP contribution in [0, 0.1) is 29.6 Å². The van der Waals surface area contributed by atoms with Gasteiger partial charge in [-0.3, -0.25) is 19.3 Å². The zero-order valence-electron chi connectivity index (χ0n) is 17.6. The lowest BCUT2D eigenvalue weighted by Gasteiger charge is -2.43. The smallest absolute Gasteiger partial charge is 0.305 e. The number of anilines is 1. The summed E-state index contributed by atoms with van der Waals surface area (Å²) in [4.78, 5) is 44.9. The quantitative estimate of drug-likeness (QED) is 0.450. The van der Waals surface area contributed by atoms with Crippen molar-refractivity contribution < 1.29 is 9.59 Å². The molecule has 1 saturated heterocycles. The molecule has 1 aromatic heterocycles. The Morgan fingerprint density at radius 1 is 0.853 bits per heavy atom. The molecule has 0 unspecified atom stereocenters. The van der Waals surface area contributed by atoms with E-state index in [2.05, 4.69) is 4.98 Å². The van der Waals surface area contributed by atoms with Gasteiger partial charge in [0.1, 0.15) is 0 Å². The summed E-state index contributed by atoms with van der Waals surface area (Å²) in [6.45, 7) is 0. The Bertz CT molecular complexity index is 1400. The number of halogens is 2. The molecular weight excluding hydrogens is 511 g/mol. The topological polar surface area (TPSA) is 70.2 Å². The number of fused-ring (bicyclic) bond motifs is 9. The van der Waals surface area contributed by atoms with E-state index in [1.54, 1.807) is 36.0 Å². The predicted molar refractivity (Wildman–Crippen MR) is 134 cm³/mol. The Kier molecular flexibility index (Phi) is 4.67. The Hall–Kier alpha value is -2.06. The Labute approximate surface area is 213 Å². The maximum atomic E-state index is 13.7. The molecular formula is C25H18Cl2N2O3S2. The molecule has 5 nitrogen and oxygen atoms in total. The summed E-state index contributed by atoms with van der Waals surface area (Å²) < 4.78 is 0. The summed E-state index contributed by atoms with van der Waals surface area (Å²) in [5, 5.41) is 2.31. The number of rotatable bonds is 2. The van der Waals surface area contributed by atoms with Gasteiger partial charge in [-0.15, -0.1) is 11.8 Å². The molecule has 2 bridgehead atoms. The summed E-state index contributed by atoms with van der Waals surface area (Å²) in [5.41, 5.74) is 1.69. The first-order chi connectivity index (χ1) is 16.4. The van der Waals surface area contributed by atoms with Gasteiger partial charge in [0, 0.05) is 26.1 Å². The van der Waals surface area contributed by atoms with Crippen LogP contribution < -0.4 is 9.77 Å². The number of thiazole rings is 1. The number of hydrogen-bond acceptors (Lipinski definition) is 5. The fraction of sp³-hybridized carbons (Fsp3) is 0.320.